The van der Waals surface area contributed by atoms with Gasteiger partial charge in [-0.15, -0.1) is 5.10 Å². The van der Waals surface area contributed by atoms with E-state index in [-0.39, 0.29) is 17.9 Å². The summed E-state index contributed by atoms with van der Waals surface area (Å²) in [5.74, 6) is -1.82. The standard InChI is InChI=1S/C26H20BrClF2N4O4S/c27-15-8-16(10-31-9-15)39-26-23(35)22(24-20(37-26)12-36-25(38-24)13-4-2-1-3-5-13)34-11-19(32-33-34)14-6-17(29)21(28)18(30)7-14/h1-11,20,22-26,35H,12H2/t20-,22-,23-,24+,25?,26-/m1/s1. The molecule has 0 radical (unpaired) electrons. The van der Waals surface area contributed by atoms with Crippen molar-refractivity contribution in [2.75, 3.05) is 6.61 Å². The second-order valence-electron chi connectivity index (χ2n) is 9.00. The van der Waals surface area contributed by atoms with E-state index >= 15 is 0 Å². The zero-order chi connectivity index (χ0) is 27.1. The van der Waals surface area contributed by atoms with Crippen molar-refractivity contribution in [1.29, 1.82) is 0 Å². The molecule has 2 fully saturated rings. The minimum absolute atomic E-state index is 0.153. The summed E-state index contributed by atoms with van der Waals surface area (Å²) in [6.07, 6.45) is 1.82. The first-order valence-electron chi connectivity index (χ1n) is 11.9. The molecule has 202 valence electrons. The van der Waals surface area contributed by atoms with Crippen molar-refractivity contribution in [3.05, 3.63) is 93.8 Å². The summed E-state index contributed by atoms with van der Waals surface area (Å²) in [5, 5.41) is 19.3. The Morgan fingerprint density at radius 1 is 1.08 bits per heavy atom. The van der Waals surface area contributed by atoms with E-state index < -0.39 is 52.7 Å². The van der Waals surface area contributed by atoms with Gasteiger partial charge in [0.1, 0.15) is 52.1 Å². The van der Waals surface area contributed by atoms with Crippen molar-refractivity contribution in [2.24, 2.45) is 0 Å². The summed E-state index contributed by atoms with van der Waals surface area (Å²) < 4.78 is 49.1. The highest BCUT2D eigenvalue weighted by Crippen LogP contribution is 2.43. The van der Waals surface area contributed by atoms with Crippen LogP contribution in [-0.2, 0) is 14.2 Å². The second kappa shape index (κ2) is 11.2. The number of aromatic nitrogens is 4. The average molecular weight is 638 g/mol. The topological polar surface area (TPSA) is 91.5 Å². The van der Waals surface area contributed by atoms with Crippen molar-refractivity contribution in [1.82, 2.24) is 20.0 Å². The van der Waals surface area contributed by atoms with E-state index in [0.717, 1.165) is 27.1 Å². The molecule has 0 amide bonds. The Morgan fingerprint density at radius 3 is 2.59 bits per heavy atom. The number of rotatable bonds is 5. The first-order valence-corrected chi connectivity index (χ1v) is 13.9. The third-order valence-electron chi connectivity index (χ3n) is 6.43. The largest absolute Gasteiger partial charge is 0.387 e. The van der Waals surface area contributed by atoms with Crippen LogP contribution in [0.2, 0.25) is 5.02 Å². The van der Waals surface area contributed by atoms with Crippen LogP contribution in [0.15, 0.2) is 76.5 Å². The van der Waals surface area contributed by atoms with Gasteiger partial charge in [0, 0.05) is 32.9 Å². The average Bonchev–Trinajstić information content (AvgIpc) is 3.42. The molecule has 6 atom stereocenters. The van der Waals surface area contributed by atoms with Crippen molar-refractivity contribution in [2.45, 2.75) is 41.0 Å². The number of nitrogens with zero attached hydrogens (tertiary/aromatic N) is 4. The highest BCUT2D eigenvalue weighted by atomic mass is 79.9. The van der Waals surface area contributed by atoms with Crippen LogP contribution in [0, 0.1) is 11.6 Å². The Balaban J connectivity index is 1.34. The number of aliphatic hydroxyl groups is 1. The van der Waals surface area contributed by atoms with E-state index in [9.17, 15) is 13.9 Å². The first kappa shape index (κ1) is 26.8. The number of pyridine rings is 1. The molecule has 39 heavy (non-hydrogen) atoms. The number of fused-ring (bicyclic) bond motifs is 1. The fraction of sp³-hybridized carbons (Fsp3) is 0.269. The van der Waals surface area contributed by atoms with E-state index in [1.54, 1.807) is 12.4 Å². The van der Waals surface area contributed by atoms with Crippen LogP contribution in [0.5, 0.6) is 0 Å². The second-order valence-corrected chi connectivity index (χ2v) is 11.5. The van der Waals surface area contributed by atoms with Gasteiger partial charge in [-0.25, -0.2) is 13.5 Å². The molecular formula is C26H20BrClF2N4O4S. The number of aliphatic hydroxyl groups excluding tert-OH is 1. The molecular weight excluding hydrogens is 618 g/mol. The molecule has 2 aliphatic heterocycles. The quantitative estimate of drug-likeness (QED) is 0.284. The number of halogens is 4. The summed E-state index contributed by atoms with van der Waals surface area (Å²) in [7, 11) is 0. The molecule has 2 aromatic heterocycles. The van der Waals surface area contributed by atoms with Gasteiger partial charge in [-0.2, -0.15) is 0 Å². The molecule has 13 heteroatoms. The smallest absolute Gasteiger partial charge is 0.184 e. The van der Waals surface area contributed by atoms with Gasteiger partial charge in [0.25, 0.3) is 0 Å². The van der Waals surface area contributed by atoms with Gasteiger partial charge in [-0.05, 0) is 34.1 Å². The fourth-order valence-corrected chi connectivity index (χ4v) is 6.32. The van der Waals surface area contributed by atoms with Crippen LogP contribution in [0.25, 0.3) is 11.3 Å². The molecule has 2 aromatic carbocycles. The summed E-state index contributed by atoms with van der Waals surface area (Å²) in [6.45, 7) is 0.205. The molecule has 2 saturated heterocycles. The number of ether oxygens (including phenoxy) is 3. The van der Waals surface area contributed by atoms with Crippen LogP contribution >= 0.6 is 39.3 Å². The molecule has 4 aromatic rings. The van der Waals surface area contributed by atoms with E-state index in [1.165, 1.54) is 22.6 Å². The molecule has 2 aliphatic rings. The van der Waals surface area contributed by atoms with Gasteiger partial charge in [0.2, 0.25) is 0 Å². The van der Waals surface area contributed by atoms with Crippen LogP contribution in [0.1, 0.15) is 17.9 Å². The molecule has 1 unspecified atom stereocenters. The Morgan fingerprint density at radius 2 is 1.85 bits per heavy atom. The highest BCUT2D eigenvalue weighted by Gasteiger charge is 2.51. The minimum Gasteiger partial charge on any atom is -0.387 e. The number of thioether (sulfide) groups is 1. The van der Waals surface area contributed by atoms with E-state index in [4.69, 9.17) is 25.8 Å². The zero-order valence-electron chi connectivity index (χ0n) is 19.9. The van der Waals surface area contributed by atoms with Crippen molar-refractivity contribution in [3.63, 3.8) is 0 Å². The minimum atomic E-state index is -1.11. The summed E-state index contributed by atoms with van der Waals surface area (Å²) in [6, 6.07) is 12.7. The van der Waals surface area contributed by atoms with E-state index in [0.29, 0.717) is 0 Å². The lowest BCUT2D eigenvalue weighted by atomic mass is 9.96. The van der Waals surface area contributed by atoms with Crippen LogP contribution < -0.4 is 0 Å². The molecule has 0 saturated carbocycles. The van der Waals surface area contributed by atoms with Gasteiger partial charge in [-0.3, -0.25) is 4.98 Å². The maximum atomic E-state index is 14.1. The number of hydrogen-bond acceptors (Lipinski definition) is 8. The molecule has 8 nitrogen and oxygen atoms in total. The van der Waals surface area contributed by atoms with Crippen LogP contribution in [0.3, 0.4) is 0 Å². The lowest BCUT2D eigenvalue weighted by molar-refractivity contribution is -0.306. The van der Waals surface area contributed by atoms with Gasteiger partial charge in [0.05, 0.1) is 12.8 Å². The predicted molar refractivity (Wildman–Crippen MR) is 142 cm³/mol. The lowest BCUT2D eigenvalue weighted by Gasteiger charge is -2.47. The summed E-state index contributed by atoms with van der Waals surface area (Å²) in [4.78, 5) is 4.96. The maximum absolute atomic E-state index is 14.1. The first-order chi connectivity index (χ1) is 18.9. The monoisotopic (exact) mass is 636 g/mol. The Bertz CT molecular complexity index is 1460. The van der Waals surface area contributed by atoms with Crippen molar-refractivity contribution in [3.8, 4) is 11.3 Å². The molecule has 6 rings (SSSR count). The zero-order valence-corrected chi connectivity index (χ0v) is 23.1. The maximum Gasteiger partial charge on any atom is 0.184 e. The SMILES string of the molecule is O[C@@H]1[C@@H](n2cc(-c3cc(F)c(Cl)c(F)c3)nn2)[C@H]2OC(c3ccccc3)OC[C@H]2O[C@@H]1Sc1cncc(Br)c1. The molecule has 1 N–H and O–H groups in total. The fourth-order valence-electron chi connectivity index (χ4n) is 4.61. The Kier molecular flexibility index (Phi) is 7.68. The normalized spacial score (nSPS) is 26.8. The Hall–Kier alpha value is -2.45. The highest BCUT2D eigenvalue weighted by molar-refractivity contribution is 9.10. The van der Waals surface area contributed by atoms with Gasteiger partial charge in [0.15, 0.2) is 6.29 Å². The number of hydrogen-bond donors (Lipinski definition) is 1. The van der Waals surface area contributed by atoms with Crippen molar-refractivity contribution < 1.29 is 28.1 Å². The van der Waals surface area contributed by atoms with E-state index in [2.05, 4.69) is 31.2 Å². The van der Waals surface area contributed by atoms with Gasteiger partial charge >= 0.3 is 0 Å². The Labute approximate surface area is 239 Å². The molecule has 0 bridgehead atoms. The van der Waals surface area contributed by atoms with E-state index in [1.807, 2.05) is 36.4 Å². The van der Waals surface area contributed by atoms with Crippen LogP contribution in [-0.4, -0.2) is 55.4 Å². The summed E-state index contributed by atoms with van der Waals surface area (Å²) in [5.41, 5.74) is 0.435. The predicted octanol–water partition coefficient (Wildman–Crippen LogP) is 5.57. The molecule has 0 spiro atoms. The van der Waals surface area contributed by atoms with Gasteiger partial charge in [-0.1, -0.05) is 58.9 Å². The molecule has 0 aliphatic carbocycles. The van der Waals surface area contributed by atoms with Crippen LogP contribution in [0.4, 0.5) is 8.78 Å². The summed E-state index contributed by atoms with van der Waals surface area (Å²) >= 11 is 10.3. The molecule has 4 heterocycles. The lowest BCUT2D eigenvalue weighted by Crippen LogP contribution is -2.58. The third kappa shape index (κ3) is 5.47. The van der Waals surface area contributed by atoms with Crippen molar-refractivity contribution >= 4 is 39.3 Å². The third-order valence-corrected chi connectivity index (χ3v) is 8.34. The number of benzene rings is 2. The van der Waals surface area contributed by atoms with Gasteiger partial charge < -0.3 is 19.3 Å².